The fraction of sp³-hybridized carbons (Fsp3) is 0.400. The number of sulfonamides is 1. The van der Waals surface area contributed by atoms with Gasteiger partial charge in [-0.25, -0.2) is 13.4 Å². The van der Waals surface area contributed by atoms with Crippen molar-refractivity contribution in [1.29, 1.82) is 0 Å². The van der Waals surface area contributed by atoms with Crippen molar-refractivity contribution in [2.75, 3.05) is 6.54 Å². The summed E-state index contributed by atoms with van der Waals surface area (Å²) in [6, 6.07) is 6.82. The number of nitrogens with one attached hydrogen (secondary N) is 1. The van der Waals surface area contributed by atoms with Gasteiger partial charge in [0.25, 0.3) is 10.0 Å². The smallest absolute Gasteiger partial charge is 0.277 e. The summed E-state index contributed by atoms with van der Waals surface area (Å²) in [5, 5.41) is 3.87. The lowest BCUT2D eigenvalue weighted by Gasteiger charge is -2.31. The maximum Gasteiger partial charge on any atom is 0.277 e. The van der Waals surface area contributed by atoms with Crippen LogP contribution in [0.2, 0.25) is 0 Å². The number of aromatic nitrogens is 4. The maximum atomic E-state index is 13.1. The van der Waals surface area contributed by atoms with Crippen molar-refractivity contribution in [2.24, 2.45) is 0 Å². The van der Waals surface area contributed by atoms with Crippen LogP contribution in [0.5, 0.6) is 0 Å². The minimum Gasteiger partial charge on any atom is -0.340 e. The number of piperidine rings is 1. The third-order valence-electron chi connectivity index (χ3n) is 4.22. The highest BCUT2D eigenvalue weighted by Crippen LogP contribution is 2.33. The van der Waals surface area contributed by atoms with Crippen molar-refractivity contribution in [1.82, 2.24) is 24.4 Å². The number of imidazole rings is 1. The van der Waals surface area contributed by atoms with Crippen LogP contribution in [0.1, 0.15) is 37.0 Å². The van der Waals surface area contributed by atoms with Crippen molar-refractivity contribution in [3.05, 3.63) is 36.0 Å². The zero-order chi connectivity index (χ0) is 16.7. The van der Waals surface area contributed by atoms with E-state index in [0.717, 1.165) is 12.8 Å². The molecule has 1 N–H and O–H groups in total. The van der Waals surface area contributed by atoms with Crippen LogP contribution in [0.25, 0.3) is 11.0 Å². The normalized spacial score (nSPS) is 19.8. The van der Waals surface area contributed by atoms with Crippen molar-refractivity contribution >= 4 is 21.1 Å². The SMILES string of the molecule is Cc1nc(C2CCCCN2S(=O)(=O)c2nc3ccccc3[nH]2)no1. The second kappa shape index (κ2) is 5.67. The van der Waals surface area contributed by atoms with Gasteiger partial charge in [-0.1, -0.05) is 23.7 Å². The molecule has 0 radical (unpaired) electrons. The number of para-hydroxylation sites is 2. The van der Waals surface area contributed by atoms with Crippen molar-refractivity contribution in [3.8, 4) is 0 Å². The first kappa shape index (κ1) is 15.3. The second-order valence-electron chi connectivity index (χ2n) is 5.86. The molecule has 0 saturated carbocycles. The molecule has 1 atom stereocenters. The molecule has 0 spiro atoms. The fourth-order valence-corrected chi connectivity index (χ4v) is 4.64. The summed E-state index contributed by atoms with van der Waals surface area (Å²) in [6.45, 7) is 2.11. The Kier molecular flexibility index (Phi) is 3.61. The number of benzene rings is 1. The highest BCUT2D eigenvalue weighted by molar-refractivity contribution is 7.89. The minimum absolute atomic E-state index is 0.0455. The van der Waals surface area contributed by atoms with Crippen LogP contribution in [-0.4, -0.2) is 39.4 Å². The molecule has 1 fully saturated rings. The van der Waals surface area contributed by atoms with Gasteiger partial charge < -0.3 is 9.51 Å². The average Bonchev–Trinajstić information content (AvgIpc) is 3.21. The van der Waals surface area contributed by atoms with E-state index in [0.29, 0.717) is 35.7 Å². The Labute approximate surface area is 138 Å². The van der Waals surface area contributed by atoms with Gasteiger partial charge in [-0.3, -0.25) is 0 Å². The number of hydrogen-bond donors (Lipinski definition) is 1. The molecule has 0 aliphatic carbocycles. The summed E-state index contributed by atoms with van der Waals surface area (Å²) >= 11 is 0. The monoisotopic (exact) mass is 347 g/mol. The summed E-state index contributed by atoms with van der Waals surface area (Å²) in [4.78, 5) is 11.4. The van der Waals surface area contributed by atoms with Crippen molar-refractivity contribution in [2.45, 2.75) is 37.4 Å². The number of aromatic amines is 1. The molecule has 9 heteroatoms. The Morgan fingerprint density at radius 1 is 1.25 bits per heavy atom. The van der Waals surface area contributed by atoms with E-state index >= 15 is 0 Å². The van der Waals surface area contributed by atoms with Gasteiger partial charge in [-0.05, 0) is 25.0 Å². The van der Waals surface area contributed by atoms with Gasteiger partial charge in [-0.15, -0.1) is 0 Å². The molecule has 0 amide bonds. The maximum absolute atomic E-state index is 13.1. The molecule has 1 aliphatic heterocycles. The van der Waals surface area contributed by atoms with Crippen LogP contribution < -0.4 is 0 Å². The molecule has 126 valence electrons. The lowest BCUT2D eigenvalue weighted by Crippen LogP contribution is -2.39. The second-order valence-corrected chi connectivity index (χ2v) is 7.66. The highest BCUT2D eigenvalue weighted by atomic mass is 32.2. The third-order valence-corrected chi connectivity index (χ3v) is 5.95. The molecule has 2 aromatic heterocycles. The Hall–Kier alpha value is -2.26. The number of hydrogen-bond acceptors (Lipinski definition) is 6. The van der Waals surface area contributed by atoms with E-state index < -0.39 is 16.1 Å². The summed E-state index contributed by atoms with van der Waals surface area (Å²) < 4.78 is 32.6. The Bertz CT molecular complexity index is 945. The van der Waals surface area contributed by atoms with Crippen LogP contribution in [0, 0.1) is 6.92 Å². The van der Waals surface area contributed by atoms with E-state index in [9.17, 15) is 8.42 Å². The topological polar surface area (TPSA) is 105 Å². The Balaban J connectivity index is 1.75. The molecule has 1 unspecified atom stereocenters. The number of nitrogens with zero attached hydrogens (tertiary/aromatic N) is 4. The van der Waals surface area contributed by atoms with Crippen LogP contribution in [-0.2, 0) is 10.0 Å². The molecule has 24 heavy (non-hydrogen) atoms. The molecule has 0 bridgehead atoms. The van der Waals surface area contributed by atoms with Crippen molar-refractivity contribution in [3.63, 3.8) is 0 Å². The first-order valence-corrected chi connectivity index (χ1v) is 9.26. The van der Waals surface area contributed by atoms with Gasteiger partial charge in [0, 0.05) is 13.5 Å². The summed E-state index contributed by atoms with van der Waals surface area (Å²) in [7, 11) is -3.77. The van der Waals surface area contributed by atoms with Gasteiger partial charge in [0.05, 0.1) is 17.1 Å². The molecule has 8 nitrogen and oxygen atoms in total. The first-order chi connectivity index (χ1) is 11.6. The summed E-state index contributed by atoms with van der Waals surface area (Å²) in [5.74, 6) is 0.837. The highest BCUT2D eigenvalue weighted by Gasteiger charge is 2.38. The van der Waals surface area contributed by atoms with Gasteiger partial charge >= 0.3 is 0 Å². The quantitative estimate of drug-likeness (QED) is 0.778. The summed E-state index contributed by atoms with van der Waals surface area (Å²) in [5.41, 5.74) is 1.32. The molecule has 1 aliphatic rings. The lowest BCUT2D eigenvalue weighted by molar-refractivity contribution is 0.239. The van der Waals surface area contributed by atoms with Gasteiger partial charge in [0.15, 0.2) is 5.82 Å². The number of aryl methyl sites for hydroxylation is 1. The number of H-pyrrole nitrogens is 1. The van der Waals surface area contributed by atoms with E-state index in [2.05, 4.69) is 20.1 Å². The standard InChI is InChI=1S/C15H17N5O3S/c1-10-16-14(19-23-10)13-8-4-5-9-20(13)24(21,22)15-17-11-6-2-3-7-12(11)18-15/h2-3,6-7,13H,4-5,8-9H2,1H3,(H,17,18). The number of fused-ring (bicyclic) bond motifs is 1. The molecule has 1 aromatic carbocycles. The predicted octanol–water partition coefficient (Wildman–Crippen LogP) is 2.17. The molecule has 3 heterocycles. The van der Waals surface area contributed by atoms with Crippen LogP contribution in [0.4, 0.5) is 0 Å². The van der Waals surface area contributed by atoms with Gasteiger partial charge in [0.1, 0.15) is 0 Å². The van der Waals surface area contributed by atoms with Crippen molar-refractivity contribution < 1.29 is 12.9 Å². The molecular weight excluding hydrogens is 330 g/mol. The Morgan fingerprint density at radius 3 is 2.83 bits per heavy atom. The van der Waals surface area contributed by atoms with E-state index in [1.54, 1.807) is 19.1 Å². The first-order valence-electron chi connectivity index (χ1n) is 7.82. The zero-order valence-corrected chi connectivity index (χ0v) is 14.0. The van der Waals surface area contributed by atoms with E-state index in [4.69, 9.17) is 4.52 Å². The van der Waals surface area contributed by atoms with E-state index in [1.807, 2.05) is 12.1 Å². The zero-order valence-electron chi connectivity index (χ0n) is 13.1. The van der Waals surface area contributed by atoms with Crippen LogP contribution in [0.15, 0.2) is 33.9 Å². The number of rotatable bonds is 3. The molecule has 4 rings (SSSR count). The van der Waals surface area contributed by atoms with Crippen LogP contribution >= 0.6 is 0 Å². The van der Waals surface area contributed by atoms with Crippen LogP contribution in [0.3, 0.4) is 0 Å². The minimum atomic E-state index is -3.77. The van der Waals surface area contributed by atoms with Gasteiger partial charge in [0.2, 0.25) is 11.0 Å². The Morgan fingerprint density at radius 2 is 2.08 bits per heavy atom. The molecular formula is C15H17N5O3S. The van der Waals surface area contributed by atoms with E-state index in [-0.39, 0.29) is 5.16 Å². The third kappa shape index (κ3) is 2.49. The largest absolute Gasteiger partial charge is 0.340 e. The molecule has 3 aromatic rings. The summed E-state index contributed by atoms with van der Waals surface area (Å²) in [6.07, 6.45) is 2.38. The molecule has 1 saturated heterocycles. The van der Waals surface area contributed by atoms with Gasteiger partial charge in [-0.2, -0.15) is 9.29 Å². The predicted molar refractivity (Wildman–Crippen MR) is 85.6 cm³/mol. The fourth-order valence-electron chi connectivity index (χ4n) is 3.06. The van der Waals surface area contributed by atoms with E-state index in [1.165, 1.54) is 4.31 Å². The lowest BCUT2D eigenvalue weighted by atomic mass is 10.0. The average molecular weight is 347 g/mol.